The van der Waals surface area contributed by atoms with Crippen molar-refractivity contribution < 1.29 is 55.7 Å². The predicted molar refractivity (Wildman–Crippen MR) is 264 cm³/mol. The fourth-order valence-corrected chi connectivity index (χ4v) is 12.1. The van der Waals surface area contributed by atoms with Crippen LogP contribution in [0, 0.1) is 17.7 Å². The number of nitrogens with one attached hydrogen (secondary N) is 4. The van der Waals surface area contributed by atoms with Gasteiger partial charge >= 0.3 is 18.4 Å². The van der Waals surface area contributed by atoms with E-state index >= 15 is 4.39 Å². The fourth-order valence-electron chi connectivity index (χ4n) is 11.2. The summed E-state index contributed by atoms with van der Waals surface area (Å²) in [4.78, 5) is 71.8. The number of imidazole rings is 2. The van der Waals surface area contributed by atoms with Crippen LogP contribution < -0.4 is 15.4 Å². The predicted octanol–water partition coefficient (Wildman–Crippen LogP) is 9.88. The van der Waals surface area contributed by atoms with Crippen LogP contribution in [0.5, 0.6) is 5.75 Å². The van der Waals surface area contributed by atoms with Gasteiger partial charge in [-0.2, -0.15) is 13.2 Å². The number of ether oxygens (including phenoxy) is 4. The molecule has 392 valence electrons. The Bertz CT molecular complexity index is 3100. The molecular weight excluding hydrogens is 987 g/mol. The third kappa shape index (κ3) is 9.57. The molecule has 0 spiro atoms. The van der Waals surface area contributed by atoms with Gasteiger partial charge in [-0.15, -0.1) is 11.3 Å². The number of carbonyl (C=O) groups is 4. The summed E-state index contributed by atoms with van der Waals surface area (Å²) in [6, 6.07) is 10.1. The zero-order valence-corrected chi connectivity index (χ0v) is 42.4. The Balaban J connectivity index is 0.960. The maximum atomic E-state index is 16.9. The van der Waals surface area contributed by atoms with Gasteiger partial charge in [0.05, 0.1) is 83.9 Å². The number of likely N-dealkylation sites (tertiary alicyclic amines) is 2. The number of aromatic nitrogens is 5. The maximum Gasteiger partial charge on any atom is 0.425 e. The van der Waals surface area contributed by atoms with Gasteiger partial charge in [0.2, 0.25) is 18.0 Å². The lowest BCUT2D eigenvalue weighted by atomic mass is 9.85. The molecule has 6 aromatic rings. The van der Waals surface area contributed by atoms with Gasteiger partial charge < -0.3 is 49.3 Å². The molecule has 4 amide bonds. The van der Waals surface area contributed by atoms with Crippen molar-refractivity contribution in [3.8, 4) is 39.5 Å². The minimum Gasteiger partial charge on any atom is -0.464 e. The van der Waals surface area contributed by atoms with Crippen LogP contribution >= 0.6 is 11.3 Å². The van der Waals surface area contributed by atoms with Crippen LogP contribution in [0.15, 0.2) is 60.9 Å². The van der Waals surface area contributed by atoms with Gasteiger partial charge in [0.15, 0.2) is 0 Å². The smallest absolute Gasteiger partial charge is 0.425 e. The Morgan fingerprint density at radius 1 is 0.811 bits per heavy atom. The Morgan fingerprint density at radius 3 is 2.04 bits per heavy atom. The number of thiophene rings is 1. The zero-order chi connectivity index (χ0) is 52.3. The summed E-state index contributed by atoms with van der Waals surface area (Å²) in [5.74, 6) is -0.436. The molecule has 17 nitrogen and oxygen atoms in total. The number of carbonyl (C=O) groups excluding carboxylic acids is 4. The first-order chi connectivity index (χ1) is 35.4. The summed E-state index contributed by atoms with van der Waals surface area (Å²) >= 11 is 0.543. The van der Waals surface area contributed by atoms with E-state index in [1.807, 2.05) is 45.9 Å². The van der Waals surface area contributed by atoms with E-state index in [4.69, 9.17) is 23.9 Å². The van der Waals surface area contributed by atoms with Crippen molar-refractivity contribution in [2.45, 2.75) is 115 Å². The Labute approximate surface area is 427 Å². The molecule has 4 N–H and O–H groups in total. The first kappa shape index (κ1) is 50.6. The highest BCUT2D eigenvalue weighted by Crippen LogP contribution is 2.49. The second kappa shape index (κ2) is 20.1. The van der Waals surface area contributed by atoms with Crippen molar-refractivity contribution in [3.63, 3.8) is 0 Å². The van der Waals surface area contributed by atoms with Gasteiger partial charge in [-0.25, -0.2) is 23.9 Å². The van der Waals surface area contributed by atoms with Crippen LogP contribution in [0.25, 0.3) is 44.7 Å². The normalized spacial score (nSPS) is 22.5. The molecule has 4 aliphatic rings. The fraction of sp³-hybridized carbons (Fsp3) is 0.462. The molecule has 0 saturated carbocycles. The quantitative estimate of drug-likeness (QED) is 0.0907. The van der Waals surface area contributed by atoms with Gasteiger partial charge in [-0.3, -0.25) is 14.2 Å². The maximum absolute atomic E-state index is 16.9. The molecule has 2 aromatic carbocycles. The zero-order valence-electron chi connectivity index (χ0n) is 41.5. The van der Waals surface area contributed by atoms with Crippen LogP contribution in [0.2, 0.25) is 0 Å². The van der Waals surface area contributed by atoms with E-state index in [9.17, 15) is 32.3 Å². The number of alkyl halides is 3. The summed E-state index contributed by atoms with van der Waals surface area (Å²) in [5, 5.41) is 6.10. The topological polar surface area (TPSA) is 198 Å². The second-order valence-corrected chi connectivity index (χ2v) is 21.0. The number of amides is 4. The van der Waals surface area contributed by atoms with Crippen molar-refractivity contribution in [2.24, 2.45) is 11.8 Å². The molecule has 8 heterocycles. The van der Waals surface area contributed by atoms with E-state index in [2.05, 4.69) is 25.6 Å². The number of methoxy groups -OCH3 is 2. The molecule has 0 bridgehead atoms. The number of nitrogens with zero attached hydrogens (tertiary/aromatic N) is 5. The highest BCUT2D eigenvalue weighted by atomic mass is 32.1. The summed E-state index contributed by atoms with van der Waals surface area (Å²) in [6.07, 6.45) is -0.287. The summed E-state index contributed by atoms with van der Waals surface area (Å²) in [6.45, 7) is 8.46. The van der Waals surface area contributed by atoms with E-state index in [0.29, 0.717) is 107 Å². The third-order valence-corrected chi connectivity index (χ3v) is 15.8. The van der Waals surface area contributed by atoms with Gasteiger partial charge in [-0.05, 0) is 107 Å². The van der Waals surface area contributed by atoms with E-state index in [1.54, 1.807) is 32.7 Å². The number of hydrogen-bond donors (Lipinski definition) is 4. The lowest BCUT2D eigenvalue weighted by Crippen LogP contribution is -2.54. The largest absolute Gasteiger partial charge is 0.464 e. The monoisotopic (exact) mass is 1040 g/mol. The molecular formula is C52H57F4N9O8S. The number of aromatic amines is 2. The highest BCUT2D eigenvalue weighted by Gasteiger charge is 2.43. The van der Waals surface area contributed by atoms with Crippen LogP contribution in [0.1, 0.15) is 106 Å². The minimum atomic E-state index is -4.60. The summed E-state index contributed by atoms with van der Waals surface area (Å²) in [5.41, 5.74) is 3.21. The van der Waals surface area contributed by atoms with Crippen molar-refractivity contribution in [1.29, 1.82) is 0 Å². The van der Waals surface area contributed by atoms with E-state index in [0.717, 1.165) is 12.5 Å². The molecule has 7 unspecified atom stereocenters. The molecule has 74 heavy (non-hydrogen) atoms. The van der Waals surface area contributed by atoms with Gasteiger partial charge in [0, 0.05) is 29.6 Å². The number of benzene rings is 2. The molecule has 4 aromatic heterocycles. The van der Waals surface area contributed by atoms with Gasteiger partial charge in [0.1, 0.15) is 40.2 Å². The lowest BCUT2D eigenvalue weighted by molar-refractivity contribution is -0.138. The van der Waals surface area contributed by atoms with Crippen LogP contribution in [0.3, 0.4) is 0 Å². The molecule has 4 aliphatic heterocycles. The van der Waals surface area contributed by atoms with Crippen molar-refractivity contribution in [2.75, 3.05) is 27.3 Å². The summed E-state index contributed by atoms with van der Waals surface area (Å²) in [7, 11) is 2.49. The summed E-state index contributed by atoms with van der Waals surface area (Å²) < 4.78 is 83.1. The second-order valence-electron chi connectivity index (χ2n) is 19.9. The van der Waals surface area contributed by atoms with Crippen LogP contribution in [-0.2, 0) is 30.0 Å². The molecule has 3 fully saturated rings. The number of H-pyrrole nitrogens is 2. The number of fused-ring (bicyclic) bond motifs is 5. The molecule has 7 atom stereocenters. The molecule has 3 saturated heterocycles. The number of alkyl carbamates (subject to hydrolysis) is 2. The standard InChI is InChI=1S/C52H57F4N9O8S/c1-25(2)43(61-50(68)70-5)47(66)63-15-7-9-36(63)46-58-24-34(60-46)29-20-32(53)42-38-21-30-19-28(11-12-35(30)65(38)49(73-39(42)22-29)40-13-14-41(74-40)52(54,55)56)33-23-57-45(59-33)37-10-8-16-64(37)48(67)44(62-51(69)71-6)31-17-26(3)72-27(4)18-31/h11-14,19-27,31,36-37,43-44,49H,7-10,15-18H2,1-6H3,(H,57,59)(H,58,60)(H,61,68)(H,62,69). The molecule has 22 heteroatoms. The first-order valence-corrected chi connectivity index (χ1v) is 25.6. The van der Waals surface area contributed by atoms with E-state index in [-0.39, 0.29) is 52.0 Å². The Morgan fingerprint density at radius 2 is 1.43 bits per heavy atom. The molecule has 10 rings (SSSR count). The molecule has 0 radical (unpaired) electrons. The van der Waals surface area contributed by atoms with E-state index < -0.39 is 59.5 Å². The SMILES string of the molecule is COC(=O)NC(C(=O)N1CCCC1c1ncc(-c2cc(F)c3c(c2)OC(c2ccc(C(F)(F)F)s2)n2c-3cc3cc(-c4cnc(C5CCCN5C(=O)C(NC(=O)OC)C5CC(C)OC(C)C5)[nH]4)ccc32)[nH]1)C(C)C. The average Bonchev–Trinajstić information content (AvgIpc) is 4.24. The number of halogens is 4. The number of hydrogen-bond acceptors (Lipinski definition) is 11. The minimum absolute atomic E-state index is 0.0937. The third-order valence-electron chi connectivity index (χ3n) is 14.6. The lowest BCUT2D eigenvalue weighted by Gasteiger charge is -2.38. The Kier molecular flexibility index (Phi) is 13.7. The first-order valence-electron chi connectivity index (χ1n) is 24.8. The van der Waals surface area contributed by atoms with Gasteiger partial charge in [-0.1, -0.05) is 19.9 Å². The Hall–Kier alpha value is -6.94. The van der Waals surface area contributed by atoms with Crippen molar-refractivity contribution in [3.05, 3.63) is 88.1 Å². The van der Waals surface area contributed by atoms with Crippen LogP contribution in [-0.4, -0.2) is 110 Å². The number of rotatable bonds is 11. The highest BCUT2D eigenvalue weighted by molar-refractivity contribution is 7.12. The van der Waals surface area contributed by atoms with Gasteiger partial charge in [0.25, 0.3) is 0 Å². The van der Waals surface area contributed by atoms with Crippen molar-refractivity contribution in [1.82, 2.24) is 44.9 Å². The van der Waals surface area contributed by atoms with E-state index in [1.165, 1.54) is 32.5 Å². The van der Waals surface area contributed by atoms with Crippen molar-refractivity contribution >= 4 is 46.2 Å². The average molecular weight is 1040 g/mol. The van der Waals surface area contributed by atoms with Crippen LogP contribution in [0.4, 0.5) is 27.2 Å². The molecule has 0 aliphatic carbocycles.